The maximum Gasteiger partial charge on any atom is 0.326 e. The summed E-state index contributed by atoms with van der Waals surface area (Å²) in [6, 6.07) is -1.14. The van der Waals surface area contributed by atoms with E-state index in [0.29, 0.717) is 19.4 Å². The molecule has 1 fully saturated rings. The van der Waals surface area contributed by atoms with Crippen LogP contribution in [0.25, 0.3) is 0 Å². The lowest BCUT2D eigenvalue weighted by molar-refractivity contribution is -0.140. The smallest absolute Gasteiger partial charge is 0.326 e. The first-order valence-corrected chi connectivity index (χ1v) is 5.90. The molecule has 0 aliphatic carbocycles. The Balaban J connectivity index is 2.33. The molecule has 1 amide bonds. The molecule has 1 rings (SSSR count). The van der Waals surface area contributed by atoms with Crippen LogP contribution in [0.1, 0.15) is 26.2 Å². The molecule has 0 radical (unpaired) electrons. The van der Waals surface area contributed by atoms with Gasteiger partial charge in [0.05, 0.1) is 6.54 Å². The van der Waals surface area contributed by atoms with Gasteiger partial charge in [0.1, 0.15) is 6.04 Å². The van der Waals surface area contributed by atoms with Crippen molar-refractivity contribution in [3.8, 4) is 0 Å². The number of amides is 1. The lowest BCUT2D eigenvalue weighted by atomic mass is 10.1. The molecule has 7 heteroatoms. The minimum absolute atomic E-state index is 0.151. The summed E-state index contributed by atoms with van der Waals surface area (Å²) in [7, 11) is 0. The summed E-state index contributed by atoms with van der Waals surface area (Å²) in [4.78, 5) is 22.6. The number of nitrogens with one attached hydrogen (secondary N) is 1. The molecule has 1 aliphatic rings. The summed E-state index contributed by atoms with van der Waals surface area (Å²) in [6.45, 7) is 1.88. The first-order chi connectivity index (χ1) is 8.35. The molecule has 0 spiro atoms. The van der Waals surface area contributed by atoms with Crippen LogP contribution in [0, 0.1) is 0 Å². The number of halogens is 2. The third-order valence-corrected chi connectivity index (χ3v) is 3.16. The first kappa shape index (κ1) is 14.8. The van der Waals surface area contributed by atoms with Crippen LogP contribution in [0.15, 0.2) is 0 Å². The summed E-state index contributed by atoms with van der Waals surface area (Å²) in [5.41, 5.74) is 0. The van der Waals surface area contributed by atoms with Gasteiger partial charge in [-0.25, -0.2) is 13.6 Å². The fourth-order valence-electron chi connectivity index (χ4n) is 2.24. The maximum absolute atomic E-state index is 13.1. The Morgan fingerprint density at radius 1 is 1.67 bits per heavy atom. The molecule has 1 unspecified atom stereocenters. The highest BCUT2D eigenvalue weighted by Crippen LogP contribution is 2.31. The van der Waals surface area contributed by atoms with Gasteiger partial charge in [0.25, 0.3) is 5.92 Å². The average Bonchev–Trinajstić information content (AvgIpc) is 2.50. The lowest BCUT2D eigenvalue weighted by Crippen LogP contribution is -2.37. The second-order valence-electron chi connectivity index (χ2n) is 4.70. The second-order valence-corrected chi connectivity index (χ2v) is 4.70. The van der Waals surface area contributed by atoms with Crippen molar-refractivity contribution in [1.29, 1.82) is 0 Å². The molecular weight excluding hydrogens is 246 g/mol. The Labute approximate surface area is 104 Å². The van der Waals surface area contributed by atoms with Crippen molar-refractivity contribution >= 4 is 12.4 Å². The number of carboxylic acid groups (broad SMARTS) is 1. The van der Waals surface area contributed by atoms with Crippen molar-refractivity contribution in [3.05, 3.63) is 0 Å². The van der Waals surface area contributed by atoms with Gasteiger partial charge in [-0.3, -0.25) is 9.69 Å². The molecule has 1 heterocycles. The third kappa shape index (κ3) is 4.21. The fraction of sp³-hybridized carbons (Fsp3) is 0.818. The van der Waals surface area contributed by atoms with E-state index in [4.69, 9.17) is 5.11 Å². The first-order valence-electron chi connectivity index (χ1n) is 5.90. The number of aliphatic carboxylic acids is 1. The van der Waals surface area contributed by atoms with Gasteiger partial charge in [0.2, 0.25) is 6.41 Å². The zero-order valence-corrected chi connectivity index (χ0v) is 10.2. The Hall–Kier alpha value is -1.24. The summed E-state index contributed by atoms with van der Waals surface area (Å²) in [6.07, 6.45) is 0.883. The van der Waals surface area contributed by atoms with Gasteiger partial charge in [-0.15, -0.1) is 0 Å². The average molecular weight is 264 g/mol. The second kappa shape index (κ2) is 6.08. The SMILES string of the molecule is C[C@@H]1CC(F)(F)CN1CCCC(NC=O)C(=O)O. The van der Waals surface area contributed by atoms with Crippen LogP contribution in [0.2, 0.25) is 0 Å². The number of likely N-dealkylation sites (tertiary alicyclic amines) is 1. The zero-order chi connectivity index (χ0) is 13.8. The van der Waals surface area contributed by atoms with Crippen molar-refractivity contribution in [2.45, 2.75) is 44.2 Å². The highest BCUT2D eigenvalue weighted by molar-refractivity contribution is 5.76. The Bertz CT molecular complexity index is 313. The number of alkyl halides is 2. The molecule has 5 nitrogen and oxygen atoms in total. The third-order valence-electron chi connectivity index (χ3n) is 3.16. The topological polar surface area (TPSA) is 69.6 Å². The normalized spacial score (nSPS) is 24.7. The monoisotopic (exact) mass is 264 g/mol. The van der Waals surface area contributed by atoms with Gasteiger partial charge >= 0.3 is 5.97 Å². The largest absolute Gasteiger partial charge is 0.480 e. The maximum atomic E-state index is 13.1. The van der Waals surface area contributed by atoms with E-state index in [1.165, 1.54) is 0 Å². The molecule has 1 aliphatic heterocycles. The van der Waals surface area contributed by atoms with Crippen molar-refractivity contribution in [2.24, 2.45) is 0 Å². The number of carboxylic acids is 1. The van der Waals surface area contributed by atoms with Crippen LogP contribution in [-0.2, 0) is 9.59 Å². The predicted molar refractivity (Wildman–Crippen MR) is 60.5 cm³/mol. The number of carbonyl (C=O) groups excluding carboxylic acids is 1. The van der Waals surface area contributed by atoms with Crippen LogP contribution >= 0.6 is 0 Å². The summed E-state index contributed by atoms with van der Waals surface area (Å²) < 4.78 is 26.2. The molecule has 104 valence electrons. The highest BCUT2D eigenvalue weighted by Gasteiger charge is 2.42. The van der Waals surface area contributed by atoms with Gasteiger partial charge in [0.15, 0.2) is 0 Å². The van der Waals surface area contributed by atoms with Crippen molar-refractivity contribution in [3.63, 3.8) is 0 Å². The van der Waals surface area contributed by atoms with Crippen LogP contribution in [0.5, 0.6) is 0 Å². The van der Waals surface area contributed by atoms with Gasteiger partial charge < -0.3 is 10.4 Å². The van der Waals surface area contributed by atoms with E-state index in [1.54, 1.807) is 11.8 Å². The molecular formula is C11H18F2N2O3. The summed E-state index contributed by atoms with van der Waals surface area (Å²) >= 11 is 0. The number of nitrogens with zero attached hydrogens (tertiary/aromatic N) is 1. The Kier molecular flexibility index (Phi) is 5.01. The fourth-order valence-corrected chi connectivity index (χ4v) is 2.24. The minimum atomic E-state index is -2.65. The van der Waals surface area contributed by atoms with Crippen LogP contribution in [-0.4, -0.2) is 53.5 Å². The van der Waals surface area contributed by atoms with Crippen LogP contribution in [0.4, 0.5) is 8.78 Å². The van der Waals surface area contributed by atoms with Crippen molar-refractivity contribution < 1.29 is 23.5 Å². The molecule has 0 aromatic carbocycles. The standard InChI is InChI=1S/C11H18F2N2O3/c1-8-5-11(12,13)6-15(8)4-2-3-9(10(17)18)14-7-16/h7-9H,2-6H2,1H3,(H,14,16)(H,17,18)/t8-,9?/m1/s1. The van der Waals surface area contributed by atoms with Gasteiger partial charge in [-0.05, 0) is 26.3 Å². The van der Waals surface area contributed by atoms with Crippen molar-refractivity contribution in [1.82, 2.24) is 10.2 Å². The van der Waals surface area contributed by atoms with Gasteiger partial charge in [-0.2, -0.15) is 0 Å². The number of hydrogen-bond donors (Lipinski definition) is 2. The summed E-state index contributed by atoms with van der Waals surface area (Å²) in [5.74, 6) is -3.76. The van der Waals surface area contributed by atoms with Gasteiger partial charge in [-0.1, -0.05) is 0 Å². The van der Waals surface area contributed by atoms with E-state index in [1.807, 2.05) is 0 Å². The quantitative estimate of drug-likeness (QED) is 0.664. The van der Waals surface area contributed by atoms with E-state index in [2.05, 4.69) is 5.32 Å². The molecule has 2 N–H and O–H groups in total. The molecule has 0 saturated carbocycles. The van der Waals surface area contributed by atoms with E-state index in [9.17, 15) is 18.4 Å². The Morgan fingerprint density at radius 3 is 2.78 bits per heavy atom. The molecule has 0 aromatic rings. The van der Waals surface area contributed by atoms with Crippen molar-refractivity contribution in [2.75, 3.05) is 13.1 Å². The molecule has 0 bridgehead atoms. The molecule has 0 aromatic heterocycles. The number of rotatable bonds is 7. The highest BCUT2D eigenvalue weighted by atomic mass is 19.3. The van der Waals surface area contributed by atoms with E-state index in [-0.39, 0.29) is 25.4 Å². The molecule has 1 saturated heterocycles. The minimum Gasteiger partial charge on any atom is -0.480 e. The number of hydrogen-bond acceptors (Lipinski definition) is 3. The lowest BCUT2D eigenvalue weighted by Gasteiger charge is -2.21. The molecule has 2 atom stereocenters. The van der Waals surface area contributed by atoms with Crippen LogP contribution in [0.3, 0.4) is 0 Å². The molecule has 18 heavy (non-hydrogen) atoms. The Morgan fingerprint density at radius 2 is 2.33 bits per heavy atom. The zero-order valence-electron chi connectivity index (χ0n) is 10.2. The predicted octanol–water partition coefficient (Wildman–Crippen LogP) is 0.695. The van der Waals surface area contributed by atoms with E-state index < -0.39 is 17.9 Å². The van der Waals surface area contributed by atoms with Crippen LogP contribution < -0.4 is 5.32 Å². The summed E-state index contributed by atoms with van der Waals surface area (Å²) in [5, 5.41) is 11.0. The van der Waals surface area contributed by atoms with E-state index >= 15 is 0 Å². The number of carbonyl (C=O) groups is 2. The van der Waals surface area contributed by atoms with E-state index in [0.717, 1.165) is 0 Å². The van der Waals surface area contributed by atoms with Gasteiger partial charge in [0, 0.05) is 12.5 Å².